The molecule has 0 atom stereocenters. The number of fused-ring (bicyclic) bond motifs is 1. The topological polar surface area (TPSA) is 52.1 Å². The van der Waals surface area contributed by atoms with E-state index in [0.29, 0.717) is 15.7 Å². The molecule has 5 heteroatoms. The van der Waals surface area contributed by atoms with Gasteiger partial charge in [-0.15, -0.1) is 0 Å². The molecule has 0 spiro atoms. The maximum absolute atomic E-state index is 12.1. The fraction of sp³-hybridized carbons (Fsp3) is 0. The zero-order chi connectivity index (χ0) is 13.9. The van der Waals surface area contributed by atoms with Crippen LogP contribution in [0.15, 0.2) is 59.2 Å². The monoisotopic (exact) mass is 328 g/mol. The number of carbonyl (C=O) groups excluding carboxylic acids is 1. The number of rotatable bonds is 2. The second-order valence-electron chi connectivity index (χ2n) is 4.06. The quantitative estimate of drug-likeness (QED) is 0.532. The molecule has 1 heterocycles. The van der Waals surface area contributed by atoms with Crippen molar-refractivity contribution >= 4 is 32.9 Å². The van der Waals surface area contributed by atoms with Crippen LogP contribution in [0.25, 0.3) is 11.0 Å². The molecule has 2 aromatic carbocycles. The summed E-state index contributed by atoms with van der Waals surface area (Å²) >= 11 is 3.32. The highest BCUT2D eigenvalue weighted by Gasteiger charge is 2.13. The minimum Gasteiger partial charge on any atom is -0.421 e. The summed E-state index contributed by atoms with van der Waals surface area (Å²) in [6.45, 7) is 0. The Morgan fingerprint density at radius 1 is 1.00 bits per heavy atom. The van der Waals surface area contributed by atoms with Gasteiger partial charge in [0.25, 0.3) is 0 Å². The molecule has 0 aliphatic carbocycles. The summed E-state index contributed by atoms with van der Waals surface area (Å²) in [4.78, 5) is 20.5. The van der Waals surface area contributed by atoms with E-state index in [9.17, 15) is 4.79 Å². The lowest BCUT2D eigenvalue weighted by Gasteiger charge is -2.05. The van der Waals surface area contributed by atoms with Crippen molar-refractivity contribution in [1.29, 1.82) is 0 Å². The number of hydrogen-bond acceptors (Lipinski definition) is 4. The molecule has 0 amide bonds. The zero-order valence-corrected chi connectivity index (χ0v) is 11.9. The Morgan fingerprint density at radius 3 is 2.50 bits per heavy atom. The van der Waals surface area contributed by atoms with Gasteiger partial charge in [0.2, 0.25) is 0 Å². The number of nitrogens with zero attached hydrogens (tertiary/aromatic N) is 2. The zero-order valence-electron chi connectivity index (χ0n) is 10.3. The highest BCUT2D eigenvalue weighted by atomic mass is 79.9. The van der Waals surface area contributed by atoms with Crippen molar-refractivity contribution in [3.05, 3.63) is 64.9 Å². The Hall–Kier alpha value is -2.27. The van der Waals surface area contributed by atoms with Crippen molar-refractivity contribution in [2.24, 2.45) is 0 Å². The predicted molar refractivity (Wildman–Crippen MR) is 78.6 cm³/mol. The van der Waals surface area contributed by atoms with E-state index in [1.807, 2.05) is 24.3 Å². The lowest BCUT2D eigenvalue weighted by atomic mass is 10.3. The number of halogens is 1. The van der Waals surface area contributed by atoms with Crippen molar-refractivity contribution in [2.75, 3.05) is 0 Å². The molecule has 98 valence electrons. The van der Waals surface area contributed by atoms with Crippen LogP contribution in [0.3, 0.4) is 0 Å². The first-order valence-corrected chi connectivity index (χ1v) is 6.72. The average Bonchev–Trinajstić information content (AvgIpc) is 2.49. The highest BCUT2D eigenvalue weighted by molar-refractivity contribution is 9.10. The molecular weight excluding hydrogens is 320 g/mol. The smallest absolute Gasteiger partial charge is 0.364 e. The molecule has 0 fully saturated rings. The first-order chi connectivity index (χ1) is 9.74. The van der Waals surface area contributed by atoms with E-state index in [1.54, 1.807) is 24.3 Å². The predicted octanol–water partition coefficient (Wildman–Crippen LogP) is 3.61. The van der Waals surface area contributed by atoms with Crippen LogP contribution in [0.5, 0.6) is 5.75 Å². The van der Waals surface area contributed by atoms with Crippen LogP contribution < -0.4 is 4.74 Å². The summed E-state index contributed by atoms with van der Waals surface area (Å²) < 4.78 is 6.00. The van der Waals surface area contributed by atoms with Gasteiger partial charge in [-0.3, -0.25) is 4.98 Å². The van der Waals surface area contributed by atoms with Gasteiger partial charge < -0.3 is 4.74 Å². The molecule has 0 unspecified atom stereocenters. The van der Waals surface area contributed by atoms with E-state index in [4.69, 9.17) is 4.74 Å². The minimum absolute atomic E-state index is 0.180. The molecule has 4 nitrogen and oxygen atoms in total. The van der Waals surface area contributed by atoms with Crippen LogP contribution in [0, 0.1) is 0 Å². The van der Waals surface area contributed by atoms with Crippen LogP contribution in [0.4, 0.5) is 0 Å². The van der Waals surface area contributed by atoms with Crippen LogP contribution in [-0.2, 0) is 0 Å². The first-order valence-electron chi connectivity index (χ1n) is 5.92. The number of esters is 1. The molecule has 0 aliphatic rings. The Morgan fingerprint density at radius 2 is 1.70 bits per heavy atom. The molecule has 0 N–H and O–H groups in total. The van der Waals surface area contributed by atoms with E-state index in [-0.39, 0.29) is 5.69 Å². The van der Waals surface area contributed by atoms with Gasteiger partial charge in [0, 0.05) is 0 Å². The van der Waals surface area contributed by atoms with E-state index in [2.05, 4.69) is 25.9 Å². The van der Waals surface area contributed by atoms with E-state index in [1.165, 1.54) is 6.20 Å². The SMILES string of the molecule is O=C(Oc1ccccc1Br)c1cnc2ccccc2n1. The van der Waals surface area contributed by atoms with Gasteiger partial charge in [-0.05, 0) is 40.2 Å². The Balaban J connectivity index is 1.91. The van der Waals surface area contributed by atoms with Crippen LogP contribution >= 0.6 is 15.9 Å². The van der Waals surface area contributed by atoms with Crippen molar-refractivity contribution in [2.45, 2.75) is 0 Å². The Bertz CT molecular complexity index is 789. The van der Waals surface area contributed by atoms with Gasteiger partial charge in [-0.25, -0.2) is 9.78 Å². The normalized spacial score (nSPS) is 10.4. The van der Waals surface area contributed by atoms with Gasteiger partial charge in [-0.2, -0.15) is 0 Å². The van der Waals surface area contributed by atoms with Crippen LogP contribution in [0.1, 0.15) is 10.5 Å². The molecule has 0 bridgehead atoms. The molecule has 0 saturated carbocycles. The summed E-state index contributed by atoms with van der Waals surface area (Å²) in [5.74, 6) is -0.0809. The second kappa shape index (κ2) is 5.38. The molecule has 3 rings (SSSR count). The molecule has 20 heavy (non-hydrogen) atoms. The summed E-state index contributed by atoms with van der Waals surface area (Å²) in [6.07, 6.45) is 1.42. The average molecular weight is 329 g/mol. The van der Waals surface area contributed by atoms with Gasteiger partial charge in [0.1, 0.15) is 5.75 Å². The summed E-state index contributed by atoms with van der Waals surface area (Å²) in [7, 11) is 0. The van der Waals surface area contributed by atoms with E-state index >= 15 is 0 Å². The highest BCUT2D eigenvalue weighted by Crippen LogP contribution is 2.24. The van der Waals surface area contributed by atoms with Crippen molar-refractivity contribution < 1.29 is 9.53 Å². The van der Waals surface area contributed by atoms with Gasteiger partial charge in [-0.1, -0.05) is 24.3 Å². The number of hydrogen-bond donors (Lipinski definition) is 0. The third kappa shape index (κ3) is 2.53. The van der Waals surface area contributed by atoms with Gasteiger partial charge in [0.05, 0.1) is 21.7 Å². The second-order valence-corrected chi connectivity index (χ2v) is 4.92. The third-order valence-electron chi connectivity index (χ3n) is 2.70. The fourth-order valence-corrected chi connectivity index (χ4v) is 2.10. The Labute approximate surface area is 123 Å². The van der Waals surface area contributed by atoms with E-state index in [0.717, 1.165) is 5.52 Å². The number of para-hydroxylation sites is 3. The lowest BCUT2D eigenvalue weighted by Crippen LogP contribution is -2.11. The van der Waals surface area contributed by atoms with Crippen molar-refractivity contribution in [3.63, 3.8) is 0 Å². The van der Waals surface area contributed by atoms with Crippen LogP contribution in [-0.4, -0.2) is 15.9 Å². The van der Waals surface area contributed by atoms with Crippen LogP contribution in [0.2, 0.25) is 0 Å². The maximum Gasteiger partial charge on any atom is 0.364 e. The molecule has 1 aromatic heterocycles. The van der Waals surface area contributed by atoms with Gasteiger partial charge >= 0.3 is 5.97 Å². The molecule has 0 radical (unpaired) electrons. The maximum atomic E-state index is 12.1. The van der Waals surface area contributed by atoms with Crippen molar-refractivity contribution in [3.8, 4) is 5.75 Å². The molecule has 0 saturated heterocycles. The largest absolute Gasteiger partial charge is 0.421 e. The lowest BCUT2D eigenvalue weighted by molar-refractivity contribution is 0.0727. The minimum atomic E-state index is -0.532. The standard InChI is InChI=1S/C15H9BrN2O2/c16-10-5-1-4-8-14(10)20-15(19)13-9-17-11-6-2-3-7-12(11)18-13/h1-9H. The number of ether oxygens (including phenoxy) is 1. The summed E-state index contributed by atoms with van der Waals surface area (Å²) in [6, 6.07) is 14.5. The molecule has 3 aromatic rings. The Kier molecular flexibility index (Phi) is 3.43. The van der Waals surface area contributed by atoms with E-state index < -0.39 is 5.97 Å². The molecular formula is C15H9BrN2O2. The third-order valence-corrected chi connectivity index (χ3v) is 3.35. The summed E-state index contributed by atoms with van der Waals surface area (Å²) in [5, 5.41) is 0. The number of aromatic nitrogens is 2. The summed E-state index contributed by atoms with van der Waals surface area (Å²) in [5.41, 5.74) is 1.58. The first kappa shape index (κ1) is 12.7. The fourth-order valence-electron chi connectivity index (χ4n) is 1.74. The molecule has 0 aliphatic heterocycles. The van der Waals surface area contributed by atoms with Crippen molar-refractivity contribution in [1.82, 2.24) is 9.97 Å². The number of carbonyl (C=O) groups is 1. The number of benzene rings is 2. The van der Waals surface area contributed by atoms with Gasteiger partial charge in [0.15, 0.2) is 5.69 Å².